The summed E-state index contributed by atoms with van der Waals surface area (Å²) in [5.74, 6) is 2.28. The number of aromatic nitrogens is 4. The van der Waals surface area contributed by atoms with Crippen LogP contribution in [-0.2, 0) is 16.8 Å². The number of anilines is 1. The predicted octanol–water partition coefficient (Wildman–Crippen LogP) is 2.66. The number of para-hydroxylation sites is 1. The van der Waals surface area contributed by atoms with Crippen LogP contribution in [0, 0.1) is 12.3 Å². The minimum Gasteiger partial charge on any atom is -0.488 e. The van der Waals surface area contributed by atoms with Crippen LogP contribution in [-0.4, -0.2) is 40.0 Å². The van der Waals surface area contributed by atoms with Crippen molar-refractivity contribution in [1.29, 1.82) is 0 Å². The lowest BCUT2D eigenvalue weighted by Crippen LogP contribution is -2.34. The Bertz CT molecular complexity index is 2100. The first kappa shape index (κ1) is 27.0. The van der Waals surface area contributed by atoms with Crippen molar-refractivity contribution in [3.63, 3.8) is 0 Å². The normalized spacial score (nSPS) is 13.1. The van der Waals surface area contributed by atoms with Crippen LogP contribution in [0.5, 0.6) is 5.75 Å². The van der Waals surface area contributed by atoms with Crippen LogP contribution in [0.3, 0.4) is 0 Å². The number of rotatable bonds is 8. The summed E-state index contributed by atoms with van der Waals surface area (Å²) in [7, 11) is -4.01. The first-order chi connectivity index (χ1) is 20.2. The average Bonchev–Trinajstić information content (AvgIpc) is 3.56. The number of amides is 1. The number of hydrogen-bond donors (Lipinski definition) is 3. The van der Waals surface area contributed by atoms with Crippen molar-refractivity contribution >= 4 is 38.4 Å². The van der Waals surface area contributed by atoms with E-state index in [9.17, 15) is 18.0 Å². The van der Waals surface area contributed by atoms with Gasteiger partial charge in [0.25, 0.3) is 21.7 Å². The third-order valence-electron chi connectivity index (χ3n) is 6.92. The number of ether oxygens (including phenoxy) is 1. The van der Waals surface area contributed by atoms with Crippen LogP contribution >= 0.6 is 0 Å². The van der Waals surface area contributed by atoms with Crippen molar-refractivity contribution < 1.29 is 17.9 Å². The van der Waals surface area contributed by atoms with E-state index in [2.05, 4.69) is 30.8 Å². The highest BCUT2D eigenvalue weighted by Crippen LogP contribution is 2.39. The van der Waals surface area contributed by atoms with Crippen LogP contribution < -0.4 is 25.1 Å². The second kappa shape index (κ2) is 10.3. The summed E-state index contributed by atoms with van der Waals surface area (Å²) in [6.07, 6.45) is 8.79. The second-order valence-corrected chi connectivity index (χ2v) is 11.0. The Morgan fingerprint density at radius 2 is 1.95 bits per heavy atom. The molecular weight excluding hydrogens is 558 g/mol. The molecule has 1 aliphatic heterocycles. The molecular formula is C29H25N7O5S. The number of pyridine rings is 1. The van der Waals surface area contributed by atoms with Gasteiger partial charge in [-0.3, -0.25) is 18.9 Å². The third kappa shape index (κ3) is 4.43. The highest BCUT2D eigenvalue weighted by molar-refractivity contribution is 7.90. The van der Waals surface area contributed by atoms with E-state index in [1.165, 1.54) is 15.3 Å². The molecule has 1 atom stereocenters. The Kier molecular flexibility index (Phi) is 6.64. The van der Waals surface area contributed by atoms with Gasteiger partial charge in [-0.2, -0.15) is 13.1 Å². The van der Waals surface area contributed by atoms with E-state index in [-0.39, 0.29) is 35.7 Å². The van der Waals surface area contributed by atoms with Gasteiger partial charge in [-0.1, -0.05) is 31.0 Å². The molecule has 0 saturated heterocycles. The summed E-state index contributed by atoms with van der Waals surface area (Å²) in [6.45, 7) is 3.65. The van der Waals surface area contributed by atoms with Crippen molar-refractivity contribution in [2.75, 3.05) is 11.3 Å². The van der Waals surface area contributed by atoms with Gasteiger partial charge in [0.15, 0.2) is 11.5 Å². The van der Waals surface area contributed by atoms with Gasteiger partial charge in [0, 0.05) is 41.1 Å². The van der Waals surface area contributed by atoms with Gasteiger partial charge >= 0.3 is 0 Å². The molecule has 0 bridgehead atoms. The Hall–Kier alpha value is -5.19. The molecule has 0 saturated carbocycles. The number of carbonyl (C=O) groups excluding carboxylic acids is 1. The van der Waals surface area contributed by atoms with Crippen LogP contribution in [0.4, 0.5) is 5.82 Å². The molecule has 13 heteroatoms. The fourth-order valence-electron chi connectivity index (χ4n) is 5.27. The number of benzene rings is 2. The molecule has 3 aromatic heterocycles. The molecule has 212 valence electrons. The molecule has 0 radical (unpaired) electrons. The SMILES string of the molecule is C#Cc1ccc2c3c(c([C@@H](C)NC(=O)c4c(NS(=O)(=O)NCC)nn5cccnc45)n(-c4ccccc4)c(=O)c13)CO2. The fourth-order valence-corrected chi connectivity index (χ4v) is 6.12. The van der Waals surface area contributed by atoms with Crippen molar-refractivity contribution in [2.24, 2.45) is 0 Å². The van der Waals surface area contributed by atoms with E-state index in [0.717, 1.165) is 0 Å². The molecule has 3 N–H and O–H groups in total. The maximum Gasteiger partial charge on any atom is 0.300 e. The summed E-state index contributed by atoms with van der Waals surface area (Å²) < 4.78 is 38.4. The molecule has 1 amide bonds. The number of nitrogens with one attached hydrogen (secondary N) is 3. The zero-order valence-corrected chi connectivity index (χ0v) is 23.4. The molecule has 0 spiro atoms. The summed E-state index contributed by atoms with van der Waals surface area (Å²) in [6, 6.07) is 13.3. The highest BCUT2D eigenvalue weighted by Gasteiger charge is 2.31. The van der Waals surface area contributed by atoms with Gasteiger partial charge in [-0.25, -0.2) is 9.50 Å². The minimum absolute atomic E-state index is 0.0821. The van der Waals surface area contributed by atoms with Gasteiger partial charge < -0.3 is 10.1 Å². The van der Waals surface area contributed by atoms with Gasteiger partial charge in [-0.15, -0.1) is 11.5 Å². The molecule has 0 unspecified atom stereocenters. The molecule has 5 aromatic rings. The van der Waals surface area contributed by atoms with Crippen molar-refractivity contribution in [3.8, 4) is 23.8 Å². The Balaban J connectivity index is 1.51. The van der Waals surface area contributed by atoms with E-state index < -0.39 is 22.2 Å². The van der Waals surface area contributed by atoms with E-state index in [0.29, 0.717) is 39.0 Å². The molecule has 4 heterocycles. The van der Waals surface area contributed by atoms with Crippen LogP contribution in [0.2, 0.25) is 0 Å². The first-order valence-electron chi connectivity index (χ1n) is 13.0. The fraction of sp³-hybridized carbons (Fsp3) is 0.172. The number of nitrogens with zero attached hydrogens (tertiary/aromatic N) is 4. The highest BCUT2D eigenvalue weighted by atomic mass is 32.2. The molecule has 12 nitrogen and oxygen atoms in total. The topological polar surface area (TPSA) is 149 Å². The standard InChI is InChI=1S/C29H25N7O5S/c1-4-18-12-13-21-23-20(16-41-21)25(36(29(38)22(18)23)19-10-7-6-8-11-19)17(3)32-28(37)24-26(34-42(39,40)31-5-2)33-35-15-9-14-30-27(24)35/h1,6-15,17,31H,5,16H2,2-3H3,(H,32,37)(H,33,34)/t17-/m1/s1. The quantitative estimate of drug-likeness (QED) is 0.238. The monoisotopic (exact) mass is 583 g/mol. The van der Waals surface area contributed by atoms with Crippen LogP contribution in [0.1, 0.15) is 47.1 Å². The molecule has 0 aliphatic carbocycles. The summed E-state index contributed by atoms with van der Waals surface area (Å²) >= 11 is 0. The van der Waals surface area contributed by atoms with E-state index in [4.69, 9.17) is 11.2 Å². The van der Waals surface area contributed by atoms with Crippen molar-refractivity contribution in [1.82, 2.24) is 29.2 Å². The maximum absolute atomic E-state index is 14.1. The number of fused-ring (bicyclic) bond motifs is 1. The van der Waals surface area contributed by atoms with E-state index in [1.54, 1.807) is 62.5 Å². The Labute approximate surface area is 240 Å². The van der Waals surface area contributed by atoms with Crippen molar-refractivity contribution in [2.45, 2.75) is 26.5 Å². The maximum atomic E-state index is 14.1. The van der Waals surface area contributed by atoms with Crippen LogP contribution in [0.25, 0.3) is 22.1 Å². The lowest BCUT2D eigenvalue weighted by molar-refractivity contribution is 0.0940. The van der Waals surface area contributed by atoms with Gasteiger partial charge in [0.1, 0.15) is 17.9 Å². The second-order valence-electron chi connectivity index (χ2n) is 9.54. The summed E-state index contributed by atoms with van der Waals surface area (Å²) in [5, 5.41) is 8.13. The van der Waals surface area contributed by atoms with Crippen LogP contribution in [0.15, 0.2) is 65.7 Å². The van der Waals surface area contributed by atoms with E-state index >= 15 is 0 Å². The number of hydrogen-bond acceptors (Lipinski definition) is 7. The summed E-state index contributed by atoms with van der Waals surface area (Å²) in [4.78, 5) is 32.2. The van der Waals surface area contributed by atoms with Gasteiger partial charge in [0.2, 0.25) is 0 Å². The number of terminal acetylenes is 1. The molecule has 2 aromatic carbocycles. The molecule has 42 heavy (non-hydrogen) atoms. The largest absolute Gasteiger partial charge is 0.488 e. The smallest absolute Gasteiger partial charge is 0.300 e. The van der Waals surface area contributed by atoms with Gasteiger partial charge in [0.05, 0.1) is 17.1 Å². The Morgan fingerprint density at radius 3 is 2.69 bits per heavy atom. The average molecular weight is 584 g/mol. The first-order valence-corrected chi connectivity index (χ1v) is 14.5. The lowest BCUT2D eigenvalue weighted by Gasteiger charge is -2.23. The third-order valence-corrected chi connectivity index (χ3v) is 8.05. The predicted molar refractivity (Wildman–Crippen MR) is 157 cm³/mol. The van der Waals surface area contributed by atoms with Gasteiger partial charge in [-0.05, 0) is 37.3 Å². The molecule has 6 rings (SSSR count). The molecule has 0 fully saturated rings. The van der Waals surface area contributed by atoms with E-state index in [1.807, 2.05) is 6.07 Å². The zero-order valence-electron chi connectivity index (χ0n) is 22.6. The Morgan fingerprint density at radius 1 is 1.17 bits per heavy atom. The van der Waals surface area contributed by atoms with Crippen molar-refractivity contribution in [3.05, 3.63) is 93.7 Å². The number of carbonyl (C=O) groups is 1. The minimum atomic E-state index is -4.01. The lowest BCUT2D eigenvalue weighted by atomic mass is 9.97. The zero-order chi connectivity index (χ0) is 29.6. The molecule has 1 aliphatic rings. The summed E-state index contributed by atoms with van der Waals surface area (Å²) in [5.41, 5.74) is 1.93.